The molecular weight excluding hydrogens is 394 g/mol. The highest BCUT2D eigenvalue weighted by Gasteiger charge is 2.42. The van der Waals surface area contributed by atoms with Crippen molar-refractivity contribution in [2.24, 2.45) is 0 Å². The maximum atomic E-state index is 13.5. The van der Waals surface area contributed by atoms with Gasteiger partial charge in [-0.3, -0.25) is 19.4 Å². The zero-order valence-electron chi connectivity index (χ0n) is 17.7. The SMILES string of the molecule is COc1ccccc1C1=C(N2CCN(CCO)CC2)C(=O)N(Cc2ccccc2)C1=O. The average molecular weight is 421 g/mol. The van der Waals surface area contributed by atoms with Crippen LogP contribution in [0.15, 0.2) is 60.3 Å². The van der Waals surface area contributed by atoms with Gasteiger partial charge in [-0.25, -0.2) is 0 Å². The molecule has 4 rings (SSSR count). The quantitative estimate of drug-likeness (QED) is 0.685. The number of aliphatic hydroxyl groups is 1. The summed E-state index contributed by atoms with van der Waals surface area (Å²) in [6.45, 7) is 3.63. The minimum absolute atomic E-state index is 0.109. The van der Waals surface area contributed by atoms with E-state index in [9.17, 15) is 14.7 Å². The third kappa shape index (κ3) is 4.19. The molecule has 7 nitrogen and oxygen atoms in total. The monoisotopic (exact) mass is 421 g/mol. The van der Waals surface area contributed by atoms with Crippen LogP contribution in [0.25, 0.3) is 5.57 Å². The maximum absolute atomic E-state index is 13.5. The summed E-state index contributed by atoms with van der Waals surface area (Å²) in [6.07, 6.45) is 0. The molecule has 0 aromatic heterocycles. The Hall–Kier alpha value is -3.16. The number of ether oxygens (including phenoxy) is 1. The number of carbonyl (C=O) groups excluding carboxylic acids is 2. The van der Waals surface area contributed by atoms with Gasteiger partial charge in [0.05, 0.1) is 25.8 Å². The molecule has 1 saturated heterocycles. The van der Waals surface area contributed by atoms with E-state index in [1.165, 1.54) is 4.90 Å². The van der Waals surface area contributed by atoms with Gasteiger partial charge in [-0.2, -0.15) is 0 Å². The van der Waals surface area contributed by atoms with Gasteiger partial charge in [0.25, 0.3) is 11.8 Å². The number of hydrogen-bond acceptors (Lipinski definition) is 6. The van der Waals surface area contributed by atoms with E-state index in [2.05, 4.69) is 4.90 Å². The van der Waals surface area contributed by atoms with Gasteiger partial charge in [0.2, 0.25) is 0 Å². The van der Waals surface area contributed by atoms with Crippen molar-refractivity contribution in [3.63, 3.8) is 0 Å². The minimum Gasteiger partial charge on any atom is -0.496 e. The summed E-state index contributed by atoms with van der Waals surface area (Å²) in [5.41, 5.74) is 2.37. The molecule has 2 aliphatic rings. The lowest BCUT2D eigenvalue weighted by Crippen LogP contribution is -2.48. The van der Waals surface area contributed by atoms with Crippen LogP contribution in [0.1, 0.15) is 11.1 Å². The van der Waals surface area contributed by atoms with E-state index in [1.54, 1.807) is 13.2 Å². The van der Waals surface area contributed by atoms with Crippen LogP contribution in [-0.2, 0) is 16.1 Å². The third-order valence-corrected chi connectivity index (χ3v) is 5.81. The number of methoxy groups -OCH3 is 1. The van der Waals surface area contributed by atoms with Crippen molar-refractivity contribution in [1.29, 1.82) is 0 Å². The van der Waals surface area contributed by atoms with Crippen LogP contribution in [0.2, 0.25) is 0 Å². The Morgan fingerprint density at radius 3 is 2.26 bits per heavy atom. The van der Waals surface area contributed by atoms with Gasteiger partial charge >= 0.3 is 0 Å². The number of piperazine rings is 1. The number of carbonyl (C=O) groups is 2. The second kappa shape index (κ2) is 9.32. The molecule has 2 heterocycles. The summed E-state index contributed by atoms with van der Waals surface area (Å²) in [4.78, 5) is 32.5. The molecule has 0 radical (unpaired) electrons. The molecule has 162 valence electrons. The zero-order valence-corrected chi connectivity index (χ0v) is 17.7. The fraction of sp³-hybridized carbons (Fsp3) is 0.333. The van der Waals surface area contributed by atoms with Crippen LogP contribution in [0.5, 0.6) is 5.75 Å². The first kappa shape index (κ1) is 21.1. The number of nitrogens with zero attached hydrogens (tertiary/aromatic N) is 3. The number of benzene rings is 2. The molecule has 31 heavy (non-hydrogen) atoms. The zero-order chi connectivity index (χ0) is 21.8. The lowest BCUT2D eigenvalue weighted by Gasteiger charge is -2.36. The molecule has 1 fully saturated rings. The molecule has 2 aromatic rings. The van der Waals surface area contributed by atoms with Crippen LogP contribution >= 0.6 is 0 Å². The lowest BCUT2D eigenvalue weighted by molar-refractivity contribution is -0.138. The van der Waals surface area contributed by atoms with Crippen molar-refractivity contribution in [2.75, 3.05) is 46.4 Å². The van der Waals surface area contributed by atoms with Gasteiger partial charge in [0.1, 0.15) is 11.4 Å². The van der Waals surface area contributed by atoms with Crippen molar-refractivity contribution in [1.82, 2.24) is 14.7 Å². The molecular formula is C24H27N3O4. The molecule has 0 unspecified atom stereocenters. The first-order valence-electron chi connectivity index (χ1n) is 10.5. The van der Waals surface area contributed by atoms with Gasteiger partial charge in [0, 0.05) is 38.3 Å². The number of hydrogen-bond donors (Lipinski definition) is 1. The predicted octanol–water partition coefficient (Wildman–Crippen LogP) is 1.59. The highest BCUT2D eigenvalue weighted by molar-refractivity contribution is 6.35. The minimum atomic E-state index is -0.300. The first-order chi connectivity index (χ1) is 15.1. The van der Waals surface area contributed by atoms with E-state index in [-0.39, 0.29) is 25.0 Å². The topological polar surface area (TPSA) is 73.3 Å². The van der Waals surface area contributed by atoms with Crippen LogP contribution < -0.4 is 4.74 Å². The predicted molar refractivity (Wildman–Crippen MR) is 117 cm³/mol. The molecule has 2 amide bonds. The van der Waals surface area contributed by atoms with Gasteiger partial charge < -0.3 is 14.7 Å². The fourth-order valence-electron chi connectivity index (χ4n) is 4.20. The molecule has 2 aromatic carbocycles. The van der Waals surface area contributed by atoms with Gasteiger partial charge in [-0.15, -0.1) is 0 Å². The average Bonchev–Trinajstić information content (AvgIpc) is 3.05. The Balaban J connectivity index is 1.71. The van der Waals surface area contributed by atoms with Crippen LogP contribution in [0.3, 0.4) is 0 Å². The lowest BCUT2D eigenvalue weighted by atomic mass is 10.0. The number of β-amino-alcohol motifs (C(OH)–C–C–N with tert-alkyl or cyclic N) is 1. The second-order valence-electron chi connectivity index (χ2n) is 7.66. The smallest absolute Gasteiger partial charge is 0.278 e. The number of imide groups is 1. The van der Waals surface area contributed by atoms with E-state index in [0.717, 1.165) is 18.7 Å². The Bertz CT molecular complexity index is 981. The molecule has 0 atom stereocenters. The second-order valence-corrected chi connectivity index (χ2v) is 7.66. The van der Waals surface area contributed by atoms with Crippen molar-refractivity contribution in [3.8, 4) is 5.75 Å². The van der Waals surface area contributed by atoms with Crippen LogP contribution in [0.4, 0.5) is 0 Å². The summed E-state index contributed by atoms with van der Waals surface area (Å²) in [5, 5.41) is 9.21. The Labute approximate surface area is 182 Å². The Kier molecular flexibility index (Phi) is 6.34. The summed E-state index contributed by atoms with van der Waals surface area (Å²) >= 11 is 0. The largest absolute Gasteiger partial charge is 0.496 e. The van der Waals surface area contributed by atoms with Crippen molar-refractivity contribution in [3.05, 3.63) is 71.4 Å². The Morgan fingerprint density at radius 1 is 0.903 bits per heavy atom. The fourth-order valence-corrected chi connectivity index (χ4v) is 4.20. The summed E-state index contributed by atoms with van der Waals surface area (Å²) in [7, 11) is 1.57. The Morgan fingerprint density at radius 2 is 1.58 bits per heavy atom. The maximum Gasteiger partial charge on any atom is 0.278 e. The normalized spacial score (nSPS) is 17.6. The van der Waals surface area contributed by atoms with Crippen molar-refractivity contribution < 1.29 is 19.4 Å². The molecule has 0 saturated carbocycles. The van der Waals surface area contributed by atoms with Gasteiger partial charge in [0.15, 0.2) is 0 Å². The van der Waals surface area contributed by atoms with E-state index < -0.39 is 0 Å². The van der Waals surface area contributed by atoms with E-state index in [0.29, 0.717) is 42.2 Å². The molecule has 2 aliphatic heterocycles. The van der Waals surface area contributed by atoms with E-state index in [4.69, 9.17) is 4.74 Å². The first-order valence-corrected chi connectivity index (χ1v) is 10.5. The highest BCUT2D eigenvalue weighted by Crippen LogP contribution is 2.37. The van der Waals surface area contributed by atoms with Crippen LogP contribution in [0, 0.1) is 0 Å². The summed E-state index contributed by atoms with van der Waals surface area (Å²) in [5.74, 6) is -0.00636. The summed E-state index contributed by atoms with van der Waals surface area (Å²) < 4.78 is 5.51. The molecule has 1 N–H and O–H groups in total. The van der Waals surface area contributed by atoms with Crippen LogP contribution in [-0.4, -0.2) is 78.1 Å². The summed E-state index contributed by atoms with van der Waals surface area (Å²) in [6, 6.07) is 16.9. The van der Waals surface area contributed by atoms with Crippen molar-refractivity contribution >= 4 is 17.4 Å². The number of amides is 2. The standard InChI is InChI=1S/C24H27N3O4/c1-31-20-10-6-5-9-19(20)21-22(26-13-11-25(12-14-26)15-16-28)24(30)27(23(21)29)17-18-7-3-2-4-8-18/h2-10,28H,11-17H2,1H3. The van der Waals surface area contributed by atoms with E-state index >= 15 is 0 Å². The highest BCUT2D eigenvalue weighted by atomic mass is 16.5. The molecule has 0 aliphatic carbocycles. The molecule has 7 heteroatoms. The molecule has 0 spiro atoms. The number of para-hydroxylation sites is 1. The van der Waals surface area contributed by atoms with Gasteiger partial charge in [-0.05, 0) is 11.6 Å². The van der Waals surface area contributed by atoms with Gasteiger partial charge in [-0.1, -0.05) is 48.5 Å². The van der Waals surface area contributed by atoms with Crippen molar-refractivity contribution in [2.45, 2.75) is 6.54 Å². The van der Waals surface area contributed by atoms with E-state index in [1.807, 2.05) is 53.4 Å². The number of rotatable bonds is 7. The number of aliphatic hydroxyl groups excluding tert-OH is 1. The molecule has 0 bridgehead atoms. The third-order valence-electron chi connectivity index (χ3n) is 5.81.